The molecule has 7 nitrogen and oxygen atoms in total. The van der Waals surface area contributed by atoms with Crippen LogP contribution in [0, 0.1) is 0 Å². The number of aromatic nitrogens is 2. The number of aliphatic imine (C=N–C) groups is 1. The molecule has 0 bridgehead atoms. The molecule has 1 aromatic heterocycles. The molecule has 2 aliphatic heterocycles. The van der Waals surface area contributed by atoms with Crippen molar-refractivity contribution in [1.29, 1.82) is 0 Å². The zero-order valence-electron chi connectivity index (χ0n) is 13.3. The van der Waals surface area contributed by atoms with Gasteiger partial charge in [-0.25, -0.2) is 9.98 Å². The van der Waals surface area contributed by atoms with Gasteiger partial charge in [-0.1, -0.05) is 0 Å². The Labute approximate surface area is 140 Å². The molecule has 0 atom stereocenters. The van der Waals surface area contributed by atoms with Gasteiger partial charge in [-0.15, -0.1) is 0 Å². The lowest BCUT2D eigenvalue weighted by atomic mass is 10.1. The lowest BCUT2D eigenvalue weighted by Crippen LogP contribution is -2.31. The average Bonchev–Trinajstić information content (AvgIpc) is 3.20. The van der Waals surface area contributed by atoms with Gasteiger partial charge in [0.1, 0.15) is 12.3 Å². The van der Waals surface area contributed by atoms with Gasteiger partial charge in [-0.3, -0.25) is 10.1 Å². The highest BCUT2D eigenvalue weighted by Crippen LogP contribution is 2.30. The second kappa shape index (κ2) is 6.35. The normalized spacial score (nSPS) is 15.6. The number of nitrogens with one attached hydrogen (secondary N) is 1. The molecule has 24 heavy (non-hydrogen) atoms. The first-order chi connectivity index (χ1) is 11.8. The summed E-state index contributed by atoms with van der Waals surface area (Å²) >= 11 is 0. The fourth-order valence-corrected chi connectivity index (χ4v) is 2.93. The molecule has 1 aromatic carbocycles. The van der Waals surface area contributed by atoms with E-state index in [9.17, 15) is 4.79 Å². The van der Waals surface area contributed by atoms with E-state index in [0.29, 0.717) is 25.7 Å². The standard InChI is InChI=1S/C17H19N5O2/c23-16-11-22-10-13-9-14(3-4-15(13)19-17(22)20-16)24-8-2-1-6-21-7-5-18-12-21/h3-5,7,9,12H,1-2,6,8,10-11H2,(H,19,20,23). The Balaban J connectivity index is 1.30. The summed E-state index contributed by atoms with van der Waals surface area (Å²) < 4.78 is 7.92. The summed E-state index contributed by atoms with van der Waals surface area (Å²) in [5.41, 5.74) is 1.99. The molecule has 0 aliphatic carbocycles. The fourth-order valence-electron chi connectivity index (χ4n) is 2.93. The van der Waals surface area contributed by atoms with Crippen LogP contribution in [0.2, 0.25) is 0 Å². The van der Waals surface area contributed by atoms with E-state index >= 15 is 0 Å². The number of carbonyl (C=O) groups is 1. The summed E-state index contributed by atoms with van der Waals surface area (Å²) in [4.78, 5) is 21.9. The molecule has 3 heterocycles. The fraction of sp³-hybridized carbons (Fsp3) is 0.353. The average molecular weight is 325 g/mol. The molecule has 0 unspecified atom stereocenters. The van der Waals surface area contributed by atoms with Crippen LogP contribution in [-0.4, -0.2) is 39.5 Å². The number of rotatable bonds is 6. The van der Waals surface area contributed by atoms with Crippen LogP contribution in [-0.2, 0) is 17.9 Å². The van der Waals surface area contributed by atoms with Gasteiger partial charge in [0, 0.05) is 31.0 Å². The van der Waals surface area contributed by atoms with Crippen molar-refractivity contribution in [2.45, 2.75) is 25.9 Å². The topological polar surface area (TPSA) is 71.8 Å². The largest absolute Gasteiger partial charge is 0.494 e. The number of guanidine groups is 1. The summed E-state index contributed by atoms with van der Waals surface area (Å²) in [6.07, 6.45) is 7.63. The van der Waals surface area contributed by atoms with Crippen molar-refractivity contribution >= 4 is 17.6 Å². The Morgan fingerprint density at radius 1 is 1.25 bits per heavy atom. The number of aryl methyl sites for hydroxylation is 1. The molecule has 7 heteroatoms. The Hall–Kier alpha value is -2.83. The summed E-state index contributed by atoms with van der Waals surface area (Å²) in [5.74, 6) is 1.50. The number of unbranched alkanes of at least 4 members (excludes halogenated alkanes) is 1. The van der Waals surface area contributed by atoms with Crippen LogP contribution >= 0.6 is 0 Å². The number of ether oxygens (including phenoxy) is 1. The van der Waals surface area contributed by atoms with Crippen molar-refractivity contribution in [3.8, 4) is 5.75 Å². The highest BCUT2D eigenvalue weighted by atomic mass is 16.5. The second-order valence-corrected chi connectivity index (χ2v) is 5.99. The van der Waals surface area contributed by atoms with Gasteiger partial charge < -0.3 is 14.2 Å². The van der Waals surface area contributed by atoms with E-state index < -0.39 is 0 Å². The predicted molar refractivity (Wildman–Crippen MR) is 89.0 cm³/mol. The first-order valence-corrected chi connectivity index (χ1v) is 8.13. The second-order valence-electron chi connectivity index (χ2n) is 5.99. The quantitative estimate of drug-likeness (QED) is 0.820. The highest BCUT2D eigenvalue weighted by molar-refractivity contribution is 6.05. The number of benzene rings is 1. The zero-order chi connectivity index (χ0) is 16.4. The van der Waals surface area contributed by atoms with Crippen LogP contribution in [0.25, 0.3) is 0 Å². The third-order valence-electron chi connectivity index (χ3n) is 4.16. The van der Waals surface area contributed by atoms with Crippen LogP contribution in [0.4, 0.5) is 5.69 Å². The maximum atomic E-state index is 11.5. The Bertz CT molecular complexity index is 769. The molecular weight excluding hydrogens is 306 g/mol. The van der Waals surface area contributed by atoms with E-state index in [2.05, 4.69) is 19.9 Å². The van der Waals surface area contributed by atoms with E-state index in [1.807, 2.05) is 35.6 Å². The summed E-state index contributed by atoms with van der Waals surface area (Å²) in [5, 5.41) is 2.77. The first-order valence-electron chi connectivity index (χ1n) is 8.13. The molecule has 2 aliphatic rings. The van der Waals surface area contributed by atoms with Crippen molar-refractivity contribution in [3.05, 3.63) is 42.5 Å². The molecule has 0 spiro atoms. The molecule has 1 saturated heterocycles. The van der Waals surface area contributed by atoms with Crippen molar-refractivity contribution in [2.75, 3.05) is 13.2 Å². The molecule has 1 amide bonds. The number of nitrogens with zero attached hydrogens (tertiary/aromatic N) is 4. The molecule has 4 rings (SSSR count). The van der Waals surface area contributed by atoms with E-state index in [1.165, 1.54) is 0 Å². The van der Waals surface area contributed by atoms with Crippen LogP contribution in [0.5, 0.6) is 5.75 Å². The first kappa shape index (κ1) is 14.7. The number of carbonyl (C=O) groups excluding carboxylic acids is 1. The summed E-state index contributed by atoms with van der Waals surface area (Å²) in [7, 11) is 0. The minimum Gasteiger partial charge on any atom is -0.494 e. The summed E-state index contributed by atoms with van der Waals surface area (Å²) in [6, 6.07) is 5.91. The smallest absolute Gasteiger partial charge is 0.246 e. The lowest BCUT2D eigenvalue weighted by molar-refractivity contribution is -0.118. The highest BCUT2D eigenvalue weighted by Gasteiger charge is 2.29. The van der Waals surface area contributed by atoms with E-state index in [0.717, 1.165) is 36.4 Å². The van der Waals surface area contributed by atoms with Crippen LogP contribution < -0.4 is 10.1 Å². The molecule has 1 N–H and O–H groups in total. The zero-order valence-corrected chi connectivity index (χ0v) is 13.3. The minimum absolute atomic E-state index is 0.00378. The SMILES string of the molecule is O=C1CN2Cc3cc(OCCCCn4ccnc4)ccc3N=C2N1. The van der Waals surface area contributed by atoms with Crippen molar-refractivity contribution in [3.63, 3.8) is 0 Å². The number of amides is 1. The molecule has 0 saturated carbocycles. The van der Waals surface area contributed by atoms with E-state index in [-0.39, 0.29) is 5.91 Å². The Morgan fingerprint density at radius 2 is 2.21 bits per heavy atom. The minimum atomic E-state index is -0.00378. The van der Waals surface area contributed by atoms with E-state index in [1.54, 1.807) is 6.20 Å². The maximum absolute atomic E-state index is 11.5. The Morgan fingerprint density at radius 3 is 3.08 bits per heavy atom. The molecule has 0 radical (unpaired) electrons. The van der Waals surface area contributed by atoms with E-state index in [4.69, 9.17) is 4.74 Å². The van der Waals surface area contributed by atoms with Gasteiger partial charge in [0.25, 0.3) is 0 Å². The third kappa shape index (κ3) is 3.10. The number of hydrogen-bond donors (Lipinski definition) is 1. The third-order valence-corrected chi connectivity index (χ3v) is 4.16. The van der Waals surface area contributed by atoms with Gasteiger partial charge in [0.2, 0.25) is 11.9 Å². The monoisotopic (exact) mass is 325 g/mol. The van der Waals surface area contributed by atoms with Crippen molar-refractivity contribution in [2.24, 2.45) is 4.99 Å². The maximum Gasteiger partial charge on any atom is 0.246 e. The number of imidazole rings is 1. The number of hydrogen-bond acceptors (Lipinski definition) is 5. The number of fused-ring (bicyclic) bond motifs is 2. The lowest BCUT2D eigenvalue weighted by Gasteiger charge is -2.23. The van der Waals surface area contributed by atoms with Crippen LogP contribution in [0.3, 0.4) is 0 Å². The van der Waals surface area contributed by atoms with Gasteiger partial charge in [0.05, 0.1) is 18.6 Å². The predicted octanol–water partition coefficient (Wildman–Crippen LogP) is 1.68. The van der Waals surface area contributed by atoms with Gasteiger partial charge in [-0.05, 0) is 31.0 Å². The van der Waals surface area contributed by atoms with Gasteiger partial charge >= 0.3 is 0 Å². The molecule has 1 fully saturated rings. The van der Waals surface area contributed by atoms with Crippen LogP contribution in [0.15, 0.2) is 41.9 Å². The Kier molecular flexibility index (Phi) is 3.90. The molecular formula is C17H19N5O2. The van der Waals surface area contributed by atoms with Gasteiger partial charge in [-0.2, -0.15) is 0 Å². The van der Waals surface area contributed by atoms with Crippen molar-refractivity contribution in [1.82, 2.24) is 19.8 Å². The van der Waals surface area contributed by atoms with Crippen LogP contribution in [0.1, 0.15) is 18.4 Å². The molecule has 2 aromatic rings. The molecule has 124 valence electrons. The summed E-state index contributed by atoms with van der Waals surface area (Å²) in [6.45, 7) is 2.70. The van der Waals surface area contributed by atoms with Crippen molar-refractivity contribution < 1.29 is 9.53 Å². The van der Waals surface area contributed by atoms with Gasteiger partial charge in [0.15, 0.2) is 0 Å².